The molecule has 0 unspecified atom stereocenters. The molecule has 2 bridgehead atoms. The zero-order valence-electron chi connectivity index (χ0n) is 16.0. The van der Waals surface area contributed by atoms with Crippen LogP contribution < -0.4 is 0 Å². The first kappa shape index (κ1) is 17.6. The van der Waals surface area contributed by atoms with E-state index in [0.29, 0.717) is 24.9 Å². The molecule has 1 saturated heterocycles. The Morgan fingerprint density at radius 1 is 1.23 bits per heavy atom. The molecule has 3 aliphatic rings. The topological polar surface area (TPSA) is 46.6 Å². The number of carbonyl (C=O) groups is 2. The van der Waals surface area contributed by atoms with Crippen LogP contribution in [0.4, 0.5) is 4.79 Å². The summed E-state index contributed by atoms with van der Waals surface area (Å²) in [6.45, 7) is 6.93. The molecular weight excluding hydrogens is 326 g/mol. The van der Waals surface area contributed by atoms with Gasteiger partial charge in [0.05, 0.1) is 5.54 Å². The zero-order valence-corrected chi connectivity index (χ0v) is 16.0. The first-order valence-electron chi connectivity index (χ1n) is 9.96. The maximum atomic E-state index is 13.3. The summed E-state index contributed by atoms with van der Waals surface area (Å²) < 4.78 is 5.50. The predicted octanol–water partition coefficient (Wildman–Crippen LogP) is 4.74. The van der Waals surface area contributed by atoms with Crippen LogP contribution in [-0.2, 0) is 9.53 Å². The van der Waals surface area contributed by atoms with Crippen molar-refractivity contribution in [2.45, 2.75) is 64.3 Å². The number of rotatable bonds is 4. The molecule has 0 N–H and O–H groups in total. The highest BCUT2D eigenvalue weighted by Crippen LogP contribution is 2.65. The van der Waals surface area contributed by atoms with Gasteiger partial charge in [0.2, 0.25) is 5.91 Å². The van der Waals surface area contributed by atoms with Gasteiger partial charge >= 0.3 is 6.09 Å². The fraction of sp³-hybridized carbons (Fsp3) is 0.636. The van der Waals surface area contributed by atoms with Crippen LogP contribution in [0.2, 0.25) is 0 Å². The summed E-state index contributed by atoms with van der Waals surface area (Å²) in [5.41, 5.74) is 0.641. The van der Waals surface area contributed by atoms with Crippen molar-refractivity contribution in [3.63, 3.8) is 0 Å². The van der Waals surface area contributed by atoms with Crippen molar-refractivity contribution in [3.8, 4) is 0 Å². The Kier molecular flexibility index (Phi) is 4.13. The van der Waals surface area contributed by atoms with Crippen molar-refractivity contribution in [1.29, 1.82) is 0 Å². The number of fused-ring (bicyclic) bond motifs is 3. The second kappa shape index (κ2) is 6.11. The number of hydrogen-bond donors (Lipinski definition) is 0. The largest absolute Gasteiger partial charge is 0.447 e. The van der Waals surface area contributed by atoms with Crippen molar-refractivity contribution in [2.24, 2.45) is 17.3 Å². The number of amides is 2. The van der Waals surface area contributed by atoms with E-state index in [-0.39, 0.29) is 17.2 Å². The molecule has 0 aromatic heterocycles. The summed E-state index contributed by atoms with van der Waals surface area (Å²) in [4.78, 5) is 27.5. The van der Waals surface area contributed by atoms with Gasteiger partial charge < -0.3 is 4.74 Å². The van der Waals surface area contributed by atoms with Gasteiger partial charge in [-0.1, -0.05) is 51.1 Å². The third-order valence-corrected chi connectivity index (χ3v) is 7.68. The third kappa shape index (κ3) is 2.27. The molecule has 3 fully saturated rings. The van der Waals surface area contributed by atoms with Crippen molar-refractivity contribution in [2.75, 3.05) is 6.61 Å². The van der Waals surface area contributed by atoms with Crippen LogP contribution >= 0.6 is 0 Å². The van der Waals surface area contributed by atoms with E-state index < -0.39 is 11.6 Å². The van der Waals surface area contributed by atoms with E-state index in [9.17, 15) is 9.59 Å². The predicted molar refractivity (Wildman–Crippen MR) is 99.6 cm³/mol. The van der Waals surface area contributed by atoms with Gasteiger partial charge in [-0.2, -0.15) is 0 Å². The molecule has 4 rings (SSSR count). The second-order valence-corrected chi connectivity index (χ2v) is 8.86. The lowest BCUT2D eigenvalue weighted by Gasteiger charge is -2.49. The Hall–Kier alpha value is -1.84. The Bertz CT molecular complexity index is 713. The number of carbonyl (C=O) groups excluding carboxylic acids is 2. The quantitative estimate of drug-likeness (QED) is 0.783. The summed E-state index contributed by atoms with van der Waals surface area (Å²) in [6, 6.07) is 10.1. The van der Waals surface area contributed by atoms with Crippen LogP contribution in [-0.4, -0.2) is 29.0 Å². The second-order valence-electron chi connectivity index (χ2n) is 8.86. The summed E-state index contributed by atoms with van der Waals surface area (Å²) in [7, 11) is 0. The Morgan fingerprint density at radius 2 is 1.92 bits per heavy atom. The molecule has 2 amide bonds. The first-order chi connectivity index (χ1) is 12.4. The van der Waals surface area contributed by atoms with Crippen LogP contribution in [0.5, 0.6) is 0 Å². The number of hydrogen-bond acceptors (Lipinski definition) is 3. The maximum Gasteiger partial charge on any atom is 0.417 e. The monoisotopic (exact) mass is 355 g/mol. The minimum atomic E-state index is -0.445. The zero-order chi connectivity index (χ0) is 18.5. The number of benzene rings is 1. The molecule has 1 aromatic carbocycles. The Morgan fingerprint density at radius 3 is 2.54 bits per heavy atom. The van der Waals surface area contributed by atoms with Gasteiger partial charge in [-0.05, 0) is 54.4 Å². The molecule has 1 aliphatic heterocycles. The van der Waals surface area contributed by atoms with E-state index in [2.05, 4.69) is 32.9 Å². The van der Waals surface area contributed by atoms with E-state index in [1.165, 1.54) is 6.42 Å². The third-order valence-electron chi connectivity index (χ3n) is 7.68. The summed E-state index contributed by atoms with van der Waals surface area (Å²) in [6.07, 6.45) is 4.23. The first-order valence-corrected chi connectivity index (χ1v) is 9.96. The number of nitrogens with zero attached hydrogens (tertiary/aromatic N) is 1. The van der Waals surface area contributed by atoms with E-state index in [1.54, 1.807) is 4.90 Å². The van der Waals surface area contributed by atoms with Crippen LogP contribution in [0.1, 0.15) is 64.4 Å². The summed E-state index contributed by atoms with van der Waals surface area (Å²) >= 11 is 0. The lowest BCUT2D eigenvalue weighted by Crippen LogP contribution is -2.62. The Labute approximate surface area is 155 Å². The highest BCUT2D eigenvalue weighted by Gasteiger charge is 2.70. The molecular formula is C22H29NO3. The molecule has 4 nitrogen and oxygen atoms in total. The molecule has 2 saturated carbocycles. The molecule has 2 aliphatic carbocycles. The van der Waals surface area contributed by atoms with Crippen molar-refractivity contribution in [3.05, 3.63) is 35.9 Å². The van der Waals surface area contributed by atoms with E-state index in [4.69, 9.17) is 4.74 Å². The maximum absolute atomic E-state index is 13.3. The average Bonchev–Trinajstić information content (AvgIpc) is 3.30. The highest BCUT2D eigenvalue weighted by molar-refractivity contribution is 5.95. The molecule has 4 atom stereocenters. The number of cyclic esters (lactones) is 1. The molecule has 1 heterocycles. The standard InChI is InChI=1S/C22H29NO3/c1-4-15(16-8-6-5-7-9-16)12-19(24)23-20(25)26-14-22(23)18-11-10-17(13-18)21(22,2)3/h5-9,15,17-18H,4,10-14H2,1-3H3/t15-,17+,18-,22+/m1/s1. The molecule has 1 spiro atoms. The highest BCUT2D eigenvalue weighted by atomic mass is 16.6. The SMILES string of the molecule is CC[C@H](CC(=O)N1C(=O)OC[C@@]12[C@@H]1CC[C@@H](C1)C2(C)C)c1ccccc1. The van der Waals surface area contributed by atoms with Crippen molar-refractivity contribution < 1.29 is 14.3 Å². The minimum Gasteiger partial charge on any atom is -0.447 e. The molecule has 1 aromatic rings. The smallest absolute Gasteiger partial charge is 0.417 e. The van der Waals surface area contributed by atoms with Crippen molar-refractivity contribution in [1.82, 2.24) is 4.90 Å². The fourth-order valence-corrected chi connectivity index (χ4v) is 6.04. The van der Waals surface area contributed by atoms with E-state index in [1.807, 2.05) is 18.2 Å². The fourth-order valence-electron chi connectivity index (χ4n) is 6.04. The van der Waals surface area contributed by atoms with Gasteiger partial charge in [0.25, 0.3) is 0 Å². The van der Waals surface area contributed by atoms with Gasteiger partial charge in [-0.3, -0.25) is 4.79 Å². The van der Waals surface area contributed by atoms with Gasteiger partial charge in [0.15, 0.2) is 0 Å². The van der Waals surface area contributed by atoms with Crippen molar-refractivity contribution >= 4 is 12.0 Å². The van der Waals surface area contributed by atoms with Crippen LogP contribution in [0.15, 0.2) is 30.3 Å². The van der Waals surface area contributed by atoms with Gasteiger partial charge in [0.1, 0.15) is 6.61 Å². The normalized spacial score (nSPS) is 32.9. The average molecular weight is 355 g/mol. The summed E-state index contributed by atoms with van der Waals surface area (Å²) in [5, 5.41) is 0. The number of ether oxygens (including phenoxy) is 1. The van der Waals surface area contributed by atoms with Crippen LogP contribution in [0, 0.1) is 17.3 Å². The van der Waals surface area contributed by atoms with Gasteiger partial charge in [-0.25, -0.2) is 9.69 Å². The Balaban J connectivity index is 1.63. The minimum absolute atomic E-state index is 0.0659. The number of imide groups is 1. The lowest BCUT2D eigenvalue weighted by atomic mass is 9.63. The van der Waals surface area contributed by atoms with Crippen LogP contribution in [0.3, 0.4) is 0 Å². The molecule has 0 radical (unpaired) electrons. The lowest BCUT2D eigenvalue weighted by molar-refractivity contribution is -0.138. The van der Waals surface area contributed by atoms with E-state index >= 15 is 0 Å². The molecule has 26 heavy (non-hydrogen) atoms. The van der Waals surface area contributed by atoms with Crippen LogP contribution in [0.25, 0.3) is 0 Å². The molecule has 4 heteroatoms. The van der Waals surface area contributed by atoms with E-state index in [0.717, 1.165) is 24.8 Å². The molecule has 140 valence electrons. The summed E-state index contributed by atoms with van der Waals surface area (Å²) in [5.74, 6) is 1.03. The van der Waals surface area contributed by atoms with Gasteiger partial charge in [-0.15, -0.1) is 0 Å². The van der Waals surface area contributed by atoms with Gasteiger partial charge in [0, 0.05) is 6.42 Å².